The van der Waals surface area contributed by atoms with Crippen molar-refractivity contribution in [3.63, 3.8) is 0 Å². The summed E-state index contributed by atoms with van der Waals surface area (Å²) in [6.45, 7) is 8.51. The second-order valence-electron chi connectivity index (χ2n) is 26.7. The van der Waals surface area contributed by atoms with E-state index in [4.69, 9.17) is 0 Å². The number of aromatic nitrogens is 1. The van der Waals surface area contributed by atoms with Gasteiger partial charge in [-0.2, -0.15) is 0 Å². The van der Waals surface area contributed by atoms with Crippen molar-refractivity contribution in [3.05, 3.63) is 441 Å². The monoisotopic (exact) mass is 1360 g/mol. The Morgan fingerprint density at radius 3 is 1.01 bits per heavy atom. The molecule has 0 N–H and O–H groups in total. The van der Waals surface area contributed by atoms with Crippen molar-refractivity contribution in [2.45, 2.75) is 27.7 Å². The van der Waals surface area contributed by atoms with Crippen molar-refractivity contribution in [3.8, 4) is 11.1 Å². The number of fused-ring (bicyclic) bond motifs is 5. The first-order valence-electron chi connectivity index (χ1n) is 36.2. The number of hydrogen-bond acceptors (Lipinski definition) is 5. The highest BCUT2D eigenvalue weighted by Crippen LogP contribution is 2.44. The van der Waals surface area contributed by atoms with E-state index in [1.165, 1.54) is 110 Å². The number of aryl methyl sites for hydroxylation is 4. The first-order valence-corrected chi connectivity index (χ1v) is 36.2. The predicted octanol–water partition coefficient (Wildman–Crippen LogP) is 28.7. The topological polar surface area (TPSA) is 25.9 Å². The van der Waals surface area contributed by atoms with E-state index in [2.05, 4.69) is 453 Å². The quantitative estimate of drug-likeness (QED) is 0.115. The molecule has 5 heteroatoms. The van der Waals surface area contributed by atoms with Crippen LogP contribution < -0.4 is 19.6 Å². The fourth-order valence-corrected chi connectivity index (χ4v) is 14.0. The third-order valence-electron chi connectivity index (χ3n) is 19.2. The van der Waals surface area contributed by atoms with Crippen LogP contribution in [-0.4, -0.2) is 4.98 Å². The lowest BCUT2D eigenvalue weighted by molar-refractivity contribution is 1.27. The SMILES string of the molecule is Cc1ccc(N(c2cccc3ccccc23)c2cccc3ccccc23)cc1.Cc1ccc(N(c2ccccc2)c2cccc3ccccc23)cc1.Cc1ccc2cc(N(c3ccccc3)c3ccccc3)ccc2c1.Cc1cccc(N(c2cccc(-c3cccnc3)c2)c2ccc3ccccc3c2)c1. The first kappa shape index (κ1) is 68.2. The molecule has 0 radical (unpaired) electrons. The van der Waals surface area contributed by atoms with Gasteiger partial charge in [0.2, 0.25) is 0 Å². The van der Waals surface area contributed by atoms with E-state index in [1.54, 1.807) is 0 Å². The number of hydrogen-bond donors (Lipinski definition) is 0. The van der Waals surface area contributed by atoms with E-state index in [0.717, 1.165) is 45.3 Å². The lowest BCUT2D eigenvalue weighted by Gasteiger charge is -2.28. The molecular formula is C101H81N5. The number of pyridine rings is 1. The summed E-state index contributed by atoms with van der Waals surface area (Å²) < 4.78 is 0. The standard InChI is InChI=1S/C28H22N2.C27H21N.2C23H19N/c1-21-7-4-12-26(17-21)30(28-15-14-22-8-2-3-9-23(22)18-28)27-13-5-10-24(19-27)25-11-6-16-29-20-25;1-20-16-18-23(19-17-20)28(26-14-6-10-21-8-2-4-12-24(21)26)27-15-7-11-22-9-3-5-13-25(22)27;1-18-12-13-20-17-23(15-14-19(20)16-18)24(21-8-4-2-5-9-21)22-10-6-3-7-11-22;1-18-14-16-21(17-15-18)24(20-10-3-2-4-11-20)23-13-7-9-19-8-5-6-12-22(19)23/h2-20H,1H3;2-19H,1H3;2*2-17H,1H3. The van der Waals surface area contributed by atoms with E-state index in [9.17, 15) is 0 Å². The van der Waals surface area contributed by atoms with Gasteiger partial charge in [-0.05, 0) is 210 Å². The van der Waals surface area contributed by atoms with Gasteiger partial charge in [0.1, 0.15) is 0 Å². The molecule has 18 rings (SSSR count). The van der Waals surface area contributed by atoms with Gasteiger partial charge in [-0.3, -0.25) is 4.98 Å². The number of para-hydroxylation sites is 3. The molecular weight excluding hydrogens is 1280 g/mol. The summed E-state index contributed by atoms with van der Waals surface area (Å²) in [7, 11) is 0. The smallest absolute Gasteiger partial charge is 0.0540 e. The summed E-state index contributed by atoms with van der Waals surface area (Å²) in [4.78, 5) is 13.6. The molecule has 5 nitrogen and oxygen atoms in total. The molecule has 0 bridgehead atoms. The van der Waals surface area contributed by atoms with Gasteiger partial charge in [-0.15, -0.1) is 0 Å². The van der Waals surface area contributed by atoms with Gasteiger partial charge in [-0.1, -0.05) is 290 Å². The molecule has 1 aromatic heterocycles. The van der Waals surface area contributed by atoms with Crippen LogP contribution in [0.25, 0.3) is 65.0 Å². The van der Waals surface area contributed by atoms with Crippen LogP contribution in [0.3, 0.4) is 0 Å². The van der Waals surface area contributed by atoms with Crippen molar-refractivity contribution in [2.24, 2.45) is 0 Å². The normalized spacial score (nSPS) is 10.8. The average Bonchev–Trinajstić information content (AvgIpc) is 0.792. The molecule has 0 unspecified atom stereocenters. The second kappa shape index (κ2) is 32.2. The lowest BCUT2D eigenvalue weighted by atomic mass is 10.0. The zero-order valence-corrected chi connectivity index (χ0v) is 60.1. The molecule has 18 aromatic rings. The summed E-state index contributed by atoms with van der Waals surface area (Å²) in [6, 6.07) is 144. The highest BCUT2D eigenvalue weighted by atomic mass is 15.2. The average molecular weight is 1360 g/mol. The summed E-state index contributed by atoms with van der Waals surface area (Å²) in [5.74, 6) is 0. The highest BCUT2D eigenvalue weighted by Gasteiger charge is 2.20. The summed E-state index contributed by atoms with van der Waals surface area (Å²) >= 11 is 0. The maximum atomic E-state index is 4.28. The lowest BCUT2D eigenvalue weighted by Crippen LogP contribution is -2.11. The van der Waals surface area contributed by atoms with Gasteiger partial charge in [0.15, 0.2) is 0 Å². The van der Waals surface area contributed by atoms with Crippen LogP contribution in [-0.2, 0) is 0 Å². The molecule has 0 aliphatic heterocycles. The van der Waals surface area contributed by atoms with Crippen LogP contribution in [0.2, 0.25) is 0 Å². The molecule has 0 atom stereocenters. The van der Waals surface area contributed by atoms with E-state index < -0.39 is 0 Å². The fourth-order valence-electron chi connectivity index (χ4n) is 14.0. The van der Waals surface area contributed by atoms with E-state index >= 15 is 0 Å². The third kappa shape index (κ3) is 15.6. The Kier molecular flexibility index (Phi) is 20.7. The largest absolute Gasteiger partial charge is 0.310 e. The molecule has 17 aromatic carbocycles. The number of benzene rings is 17. The van der Waals surface area contributed by atoms with Crippen molar-refractivity contribution < 1.29 is 0 Å². The Morgan fingerprint density at radius 1 is 0.179 bits per heavy atom. The minimum Gasteiger partial charge on any atom is -0.310 e. The maximum absolute atomic E-state index is 4.28. The first-order chi connectivity index (χ1) is 52.2. The maximum Gasteiger partial charge on any atom is 0.0540 e. The Bertz CT molecular complexity index is 5830. The van der Waals surface area contributed by atoms with Gasteiger partial charge in [0, 0.05) is 85.3 Å². The van der Waals surface area contributed by atoms with Crippen LogP contribution in [0.5, 0.6) is 0 Å². The van der Waals surface area contributed by atoms with Crippen molar-refractivity contribution in [1.82, 2.24) is 4.98 Å². The zero-order valence-electron chi connectivity index (χ0n) is 60.1. The van der Waals surface area contributed by atoms with Crippen LogP contribution in [0.1, 0.15) is 22.3 Å². The predicted molar refractivity (Wildman–Crippen MR) is 454 cm³/mol. The number of rotatable bonds is 13. The van der Waals surface area contributed by atoms with Gasteiger partial charge in [-0.25, -0.2) is 0 Å². The van der Waals surface area contributed by atoms with Gasteiger partial charge in [0.25, 0.3) is 0 Å². The Hall–Kier alpha value is -13.6. The Labute approximate surface area is 622 Å². The minimum atomic E-state index is 1.11. The number of anilines is 12. The minimum absolute atomic E-state index is 1.11. The molecule has 0 fully saturated rings. The van der Waals surface area contributed by atoms with Crippen LogP contribution in [0.4, 0.5) is 68.2 Å². The molecule has 106 heavy (non-hydrogen) atoms. The molecule has 0 saturated carbocycles. The molecule has 0 spiro atoms. The fraction of sp³-hybridized carbons (Fsp3) is 0.0396. The summed E-state index contributed by atoms with van der Waals surface area (Å²) in [6.07, 6.45) is 3.72. The van der Waals surface area contributed by atoms with Crippen LogP contribution in [0, 0.1) is 27.7 Å². The van der Waals surface area contributed by atoms with Gasteiger partial charge in [0.05, 0.1) is 17.1 Å². The number of nitrogens with zero attached hydrogens (tertiary/aromatic N) is 5. The molecule has 0 saturated heterocycles. The van der Waals surface area contributed by atoms with E-state index in [0.29, 0.717) is 0 Å². The summed E-state index contributed by atoms with van der Waals surface area (Å²) in [5, 5.41) is 12.5. The second-order valence-corrected chi connectivity index (χ2v) is 26.7. The molecule has 0 aliphatic rings. The third-order valence-corrected chi connectivity index (χ3v) is 19.2. The summed E-state index contributed by atoms with van der Waals surface area (Å²) in [5.41, 5.74) is 21.3. The van der Waals surface area contributed by atoms with E-state index in [-0.39, 0.29) is 0 Å². The molecule has 1 heterocycles. The molecule has 0 amide bonds. The Morgan fingerprint density at radius 2 is 0.500 bits per heavy atom. The van der Waals surface area contributed by atoms with Crippen molar-refractivity contribution in [1.29, 1.82) is 0 Å². The zero-order chi connectivity index (χ0) is 72.0. The van der Waals surface area contributed by atoms with Crippen molar-refractivity contribution in [2.75, 3.05) is 19.6 Å². The molecule has 0 aliphatic carbocycles. The van der Waals surface area contributed by atoms with Gasteiger partial charge < -0.3 is 19.6 Å². The van der Waals surface area contributed by atoms with Crippen molar-refractivity contribution >= 4 is 122 Å². The van der Waals surface area contributed by atoms with E-state index in [1.807, 2.05) is 18.5 Å². The highest BCUT2D eigenvalue weighted by molar-refractivity contribution is 6.05. The molecule has 510 valence electrons. The van der Waals surface area contributed by atoms with Gasteiger partial charge >= 0.3 is 0 Å². The Balaban J connectivity index is 0.000000114. The van der Waals surface area contributed by atoms with Crippen LogP contribution >= 0.6 is 0 Å². The van der Waals surface area contributed by atoms with Crippen LogP contribution in [0.15, 0.2) is 419 Å².